The average molecular weight is 655 g/mol. The maximum absolute atomic E-state index is 14.8. The first kappa shape index (κ1) is 33.5. The lowest BCUT2D eigenvalue weighted by Crippen LogP contribution is -2.54. The van der Waals surface area contributed by atoms with Crippen LogP contribution in [-0.4, -0.2) is 71.3 Å². The number of aliphatic hydroxyl groups is 1. The Hall–Kier alpha value is -4.41. The molecule has 6 rings (SSSR count). The number of hydrogen-bond acceptors (Lipinski definition) is 7. The summed E-state index contributed by atoms with van der Waals surface area (Å²) in [5, 5.41) is 16.9. The smallest absolute Gasteiger partial charge is 0.250 e. The highest BCUT2D eigenvalue weighted by atomic mass is 16.5. The molecule has 2 bridgehead atoms. The molecule has 0 aliphatic carbocycles. The first-order valence-electron chi connectivity index (χ1n) is 17.1. The third-order valence-corrected chi connectivity index (χ3v) is 10.5. The van der Waals surface area contributed by atoms with Crippen LogP contribution in [0.3, 0.4) is 0 Å². The maximum Gasteiger partial charge on any atom is 0.250 e. The van der Waals surface area contributed by atoms with E-state index in [2.05, 4.69) is 29.4 Å². The molecular weight excluding hydrogens is 608 g/mol. The first-order chi connectivity index (χ1) is 23.2. The number of benzene rings is 3. The number of anilines is 3. The Labute approximate surface area is 282 Å². The molecular formula is C38H46N4O6. The van der Waals surface area contributed by atoms with Gasteiger partial charge in [-0.3, -0.25) is 14.4 Å². The largest absolute Gasteiger partial charge is 0.494 e. The number of aliphatic hydroxyl groups excluding tert-OH is 1. The number of likely N-dealkylation sites (tertiary alicyclic amines) is 1. The second-order valence-electron chi connectivity index (χ2n) is 12.8. The van der Waals surface area contributed by atoms with Gasteiger partial charge in [0.25, 0.3) is 0 Å². The highest BCUT2D eigenvalue weighted by Crippen LogP contribution is 2.65. The molecule has 3 fully saturated rings. The molecule has 1 spiro atoms. The quantitative estimate of drug-likeness (QED) is 0.226. The van der Waals surface area contributed by atoms with Gasteiger partial charge >= 0.3 is 0 Å². The second kappa shape index (κ2) is 13.6. The number of amides is 3. The Morgan fingerprint density at radius 2 is 1.54 bits per heavy atom. The fraction of sp³-hybridized carbons (Fsp3) is 0.447. The highest BCUT2D eigenvalue weighted by molar-refractivity contribution is 6.05. The van der Waals surface area contributed by atoms with Crippen LogP contribution in [0.4, 0.5) is 17.1 Å². The molecule has 3 N–H and O–H groups in total. The number of carbonyl (C=O) groups is 3. The van der Waals surface area contributed by atoms with Gasteiger partial charge in [0.2, 0.25) is 17.7 Å². The minimum Gasteiger partial charge on any atom is -0.494 e. The van der Waals surface area contributed by atoms with E-state index in [1.807, 2.05) is 68.4 Å². The van der Waals surface area contributed by atoms with Crippen LogP contribution in [0, 0.1) is 11.8 Å². The van der Waals surface area contributed by atoms with Crippen molar-refractivity contribution in [1.29, 1.82) is 0 Å². The molecule has 10 nitrogen and oxygen atoms in total. The van der Waals surface area contributed by atoms with Crippen LogP contribution in [-0.2, 0) is 19.1 Å². The Bertz CT molecular complexity index is 1610. The van der Waals surface area contributed by atoms with Gasteiger partial charge in [-0.05, 0) is 94.1 Å². The van der Waals surface area contributed by atoms with Crippen molar-refractivity contribution >= 4 is 34.8 Å². The van der Waals surface area contributed by atoms with Crippen molar-refractivity contribution in [2.24, 2.45) is 11.8 Å². The molecule has 6 atom stereocenters. The molecule has 0 saturated carbocycles. The number of rotatable bonds is 13. The van der Waals surface area contributed by atoms with E-state index in [1.165, 1.54) is 4.90 Å². The minimum atomic E-state index is -1.25. The van der Waals surface area contributed by atoms with Crippen molar-refractivity contribution in [3.8, 4) is 5.75 Å². The summed E-state index contributed by atoms with van der Waals surface area (Å²) in [6, 6.07) is 22.1. The van der Waals surface area contributed by atoms with E-state index in [-0.39, 0.29) is 11.8 Å². The molecule has 0 aromatic heterocycles. The van der Waals surface area contributed by atoms with Gasteiger partial charge in [-0.1, -0.05) is 37.3 Å². The van der Waals surface area contributed by atoms with Crippen LogP contribution < -0.4 is 20.3 Å². The highest BCUT2D eigenvalue weighted by Gasteiger charge is 2.79. The van der Waals surface area contributed by atoms with Crippen molar-refractivity contribution in [3.05, 3.63) is 84.4 Å². The van der Waals surface area contributed by atoms with Gasteiger partial charge in [-0.25, -0.2) is 0 Å². The van der Waals surface area contributed by atoms with Crippen LogP contribution >= 0.6 is 0 Å². The fourth-order valence-corrected chi connectivity index (χ4v) is 8.29. The summed E-state index contributed by atoms with van der Waals surface area (Å²) in [5.74, 6) is -2.15. The Balaban J connectivity index is 1.37. The molecule has 48 heavy (non-hydrogen) atoms. The van der Waals surface area contributed by atoms with Gasteiger partial charge in [0.1, 0.15) is 17.4 Å². The summed E-state index contributed by atoms with van der Waals surface area (Å²) < 4.78 is 12.5. The molecule has 3 aromatic carbocycles. The Morgan fingerprint density at radius 1 is 0.917 bits per heavy atom. The van der Waals surface area contributed by atoms with Crippen molar-refractivity contribution < 1.29 is 29.0 Å². The van der Waals surface area contributed by atoms with Crippen molar-refractivity contribution in [2.45, 2.75) is 70.2 Å². The van der Waals surface area contributed by atoms with Gasteiger partial charge < -0.3 is 35.0 Å². The zero-order valence-electron chi connectivity index (χ0n) is 28.1. The fourth-order valence-electron chi connectivity index (χ4n) is 8.29. The second-order valence-corrected chi connectivity index (χ2v) is 12.8. The Morgan fingerprint density at radius 3 is 2.12 bits per heavy atom. The summed E-state index contributed by atoms with van der Waals surface area (Å²) in [6.45, 7) is 9.90. The van der Waals surface area contributed by atoms with Crippen LogP contribution in [0.1, 0.15) is 58.6 Å². The third-order valence-electron chi connectivity index (χ3n) is 10.5. The number of nitrogens with zero attached hydrogens (tertiary/aromatic N) is 2. The van der Waals surface area contributed by atoms with E-state index in [1.54, 1.807) is 24.3 Å². The average Bonchev–Trinajstić information content (AvgIpc) is 3.71. The molecule has 3 amide bonds. The molecule has 3 saturated heterocycles. The van der Waals surface area contributed by atoms with E-state index in [4.69, 9.17) is 9.47 Å². The zero-order chi connectivity index (χ0) is 34.1. The number of fused-ring (bicyclic) bond motifs is 1. The molecule has 0 radical (unpaired) electrons. The normalized spacial score (nSPS) is 26.2. The lowest BCUT2D eigenvalue weighted by atomic mass is 9.65. The molecule has 254 valence electrons. The van der Waals surface area contributed by atoms with Crippen molar-refractivity contribution in [3.63, 3.8) is 0 Å². The molecule has 3 heterocycles. The third kappa shape index (κ3) is 5.60. The summed E-state index contributed by atoms with van der Waals surface area (Å²) in [4.78, 5) is 47.3. The molecule has 3 aromatic rings. The first-order valence-corrected chi connectivity index (χ1v) is 17.1. The van der Waals surface area contributed by atoms with Crippen molar-refractivity contribution in [2.75, 3.05) is 41.8 Å². The van der Waals surface area contributed by atoms with Crippen LogP contribution in [0.25, 0.3) is 0 Å². The van der Waals surface area contributed by atoms with Gasteiger partial charge in [0.15, 0.2) is 0 Å². The predicted octanol–water partition coefficient (Wildman–Crippen LogP) is 5.40. The number of carbonyl (C=O) groups excluding carboxylic acids is 3. The van der Waals surface area contributed by atoms with Gasteiger partial charge in [-0.15, -0.1) is 0 Å². The van der Waals surface area contributed by atoms with Gasteiger partial charge in [0, 0.05) is 30.2 Å². The van der Waals surface area contributed by atoms with Gasteiger partial charge in [-0.2, -0.15) is 0 Å². The standard InChI is InChI=1S/C38H46N4O6/c1-5-37-22-23-38(48-37)32(31(37)34(44)39-27-16-20-29(21-17-27)47-8-4)36(46)42(30(24-43)25-12-10-9-11-13-25)33(38)35(45)40-26-14-18-28(19-15-26)41(6-2)7-3/h9-21,30-33,43H,5-8,22-24H2,1-4H3,(H,39,44)(H,40,45)/t30-,31-,32+,33?,37+,38?/m1/s1. The molecule has 3 aliphatic rings. The topological polar surface area (TPSA) is 120 Å². The monoisotopic (exact) mass is 654 g/mol. The summed E-state index contributed by atoms with van der Waals surface area (Å²) in [7, 11) is 0. The lowest BCUT2D eigenvalue weighted by molar-refractivity contribution is -0.148. The van der Waals surface area contributed by atoms with E-state index in [0.717, 1.165) is 18.8 Å². The zero-order valence-corrected chi connectivity index (χ0v) is 28.1. The number of ether oxygens (including phenoxy) is 2. The number of nitrogens with one attached hydrogen (secondary N) is 2. The predicted molar refractivity (Wildman–Crippen MR) is 185 cm³/mol. The van der Waals surface area contributed by atoms with E-state index in [9.17, 15) is 19.5 Å². The SMILES string of the molecule is CCOc1ccc(NC(=O)[C@H]2[C@H]3C(=O)N([C@H](CO)c4ccccc4)C(C(=O)Nc4ccc(N(CC)CC)cc4)C34CC[C@]2(CC)O4)cc1. The minimum absolute atomic E-state index is 0.325. The summed E-state index contributed by atoms with van der Waals surface area (Å²) >= 11 is 0. The summed E-state index contributed by atoms with van der Waals surface area (Å²) in [6.07, 6.45) is 1.47. The Kier molecular flexibility index (Phi) is 9.49. The summed E-state index contributed by atoms with van der Waals surface area (Å²) in [5.41, 5.74) is 0.748. The maximum atomic E-state index is 14.8. The number of hydrogen-bond donors (Lipinski definition) is 3. The molecule has 3 aliphatic heterocycles. The van der Waals surface area contributed by atoms with Crippen molar-refractivity contribution in [1.82, 2.24) is 4.90 Å². The van der Waals surface area contributed by atoms with Crippen LogP contribution in [0.15, 0.2) is 78.9 Å². The van der Waals surface area contributed by atoms with Crippen LogP contribution in [0.5, 0.6) is 5.75 Å². The van der Waals surface area contributed by atoms with E-state index >= 15 is 0 Å². The van der Waals surface area contributed by atoms with E-state index < -0.39 is 47.6 Å². The van der Waals surface area contributed by atoms with E-state index in [0.29, 0.717) is 48.6 Å². The lowest BCUT2D eigenvalue weighted by Gasteiger charge is -2.37. The molecule has 2 unspecified atom stereocenters. The molecule has 10 heteroatoms. The van der Waals surface area contributed by atoms with Crippen LogP contribution in [0.2, 0.25) is 0 Å². The van der Waals surface area contributed by atoms with Gasteiger partial charge in [0.05, 0.1) is 36.7 Å².